The second-order valence-corrected chi connectivity index (χ2v) is 8.66. The third-order valence-electron chi connectivity index (χ3n) is 6.50. The Bertz CT molecular complexity index is 1530. The number of likely N-dealkylation sites (N-methyl/N-ethyl adjacent to an activating group) is 1. The van der Waals surface area contributed by atoms with Crippen molar-refractivity contribution < 1.29 is 0 Å². The van der Waals surface area contributed by atoms with E-state index in [1.165, 1.54) is 0 Å². The van der Waals surface area contributed by atoms with Crippen LogP contribution in [-0.4, -0.2) is 44.6 Å². The molecule has 0 radical (unpaired) electrons. The van der Waals surface area contributed by atoms with E-state index in [2.05, 4.69) is 41.2 Å². The van der Waals surface area contributed by atoms with Crippen LogP contribution in [0.1, 0.15) is 23.6 Å². The van der Waals surface area contributed by atoms with Gasteiger partial charge in [0.25, 0.3) is 0 Å². The molecule has 2 aromatic carbocycles. The first-order valence-corrected chi connectivity index (χ1v) is 11.1. The molecule has 5 aromatic rings. The SMILES string of the molecule is CN1CCC(c2ccnc3c(C#N)c(-c4ccc5ccc(-c6ccccc6)nc5c4)nn23)C1. The molecule has 1 saturated heterocycles. The lowest BCUT2D eigenvalue weighted by Crippen LogP contribution is -2.15. The van der Waals surface area contributed by atoms with Gasteiger partial charge in [-0.05, 0) is 38.2 Å². The molecule has 1 fully saturated rings. The molecule has 0 amide bonds. The Labute approximate surface area is 191 Å². The van der Waals surface area contributed by atoms with Gasteiger partial charge in [-0.1, -0.05) is 48.5 Å². The maximum Gasteiger partial charge on any atom is 0.173 e. The molecule has 1 aliphatic rings. The second kappa shape index (κ2) is 7.80. The van der Waals surface area contributed by atoms with Gasteiger partial charge in [0.15, 0.2) is 5.65 Å². The van der Waals surface area contributed by atoms with Crippen molar-refractivity contribution in [1.29, 1.82) is 5.26 Å². The Morgan fingerprint density at radius 3 is 2.64 bits per heavy atom. The van der Waals surface area contributed by atoms with E-state index in [1.807, 2.05) is 53.0 Å². The zero-order chi connectivity index (χ0) is 22.4. The number of rotatable bonds is 3. The largest absolute Gasteiger partial charge is 0.306 e. The molecule has 6 rings (SSSR count). The van der Waals surface area contributed by atoms with E-state index in [0.29, 0.717) is 22.8 Å². The number of hydrogen-bond acceptors (Lipinski definition) is 5. The van der Waals surface area contributed by atoms with Crippen molar-refractivity contribution in [2.75, 3.05) is 20.1 Å². The normalized spacial score (nSPS) is 16.4. The first kappa shape index (κ1) is 19.6. The first-order chi connectivity index (χ1) is 16.2. The molecule has 0 bridgehead atoms. The fourth-order valence-corrected chi connectivity index (χ4v) is 4.79. The lowest BCUT2D eigenvalue weighted by Gasteiger charge is -2.11. The highest BCUT2D eigenvalue weighted by Crippen LogP contribution is 2.32. The number of benzene rings is 2. The van der Waals surface area contributed by atoms with E-state index < -0.39 is 0 Å². The number of pyridine rings is 1. The van der Waals surface area contributed by atoms with Crippen LogP contribution in [0.3, 0.4) is 0 Å². The van der Waals surface area contributed by atoms with Gasteiger partial charge in [0, 0.05) is 35.2 Å². The quantitative estimate of drug-likeness (QED) is 0.407. The molecule has 6 heteroatoms. The van der Waals surface area contributed by atoms with Crippen LogP contribution < -0.4 is 0 Å². The molecule has 0 N–H and O–H groups in total. The minimum absolute atomic E-state index is 0.381. The van der Waals surface area contributed by atoms with Crippen LogP contribution in [0.2, 0.25) is 0 Å². The summed E-state index contributed by atoms with van der Waals surface area (Å²) in [7, 11) is 2.14. The summed E-state index contributed by atoms with van der Waals surface area (Å²) in [6.07, 6.45) is 2.87. The Hall–Kier alpha value is -4.08. The Morgan fingerprint density at radius 2 is 1.85 bits per heavy atom. The molecule has 0 saturated carbocycles. The molecular weight excluding hydrogens is 408 g/mol. The van der Waals surface area contributed by atoms with Gasteiger partial charge < -0.3 is 4.90 Å². The van der Waals surface area contributed by atoms with Gasteiger partial charge in [-0.3, -0.25) is 0 Å². The van der Waals surface area contributed by atoms with E-state index >= 15 is 0 Å². The topological polar surface area (TPSA) is 70.1 Å². The number of likely N-dealkylation sites (tertiary alicyclic amines) is 1. The summed E-state index contributed by atoms with van der Waals surface area (Å²) >= 11 is 0. The molecule has 160 valence electrons. The zero-order valence-electron chi connectivity index (χ0n) is 18.3. The molecular formula is C27H22N6. The number of fused-ring (bicyclic) bond motifs is 2. The summed E-state index contributed by atoms with van der Waals surface area (Å²) in [6, 6.07) is 24.7. The van der Waals surface area contributed by atoms with Crippen molar-refractivity contribution >= 4 is 16.6 Å². The number of aromatic nitrogens is 4. The number of hydrogen-bond donors (Lipinski definition) is 0. The summed E-state index contributed by atoms with van der Waals surface area (Å²) < 4.78 is 1.87. The number of nitrogens with zero attached hydrogens (tertiary/aromatic N) is 6. The summed E-state index contributed by atoms with van der Waals surface area (Å²) in [5, 5.41) is 15.9. The van der Waals surface area contributed by atoms with Gasteiger partial charge in [0.05, 0.1) is 16.9 Å². The van der Waals surface area contributed by atoms with Crippen molar-refractivity contribution in [3.63, 3.8) is 0 Å². The molecule has 1 aliphatic heterocycles. The van der Waals surface area contributed by atoms with Crippen molar-refractivity contribution in [2.24, 2.45) is 0 Å². The Morgan fingerprint density at radius 1 is 1.00 bits per heavy atom. The summed E-state index contributed by atoms with van der Waals surface area (Å²) in [5.41, 5.74) is 6.62. The van der Waals surface area contributed by atoms with Crippen LogP contribution in [0.25, 0.3) is 39.1 Å². The van der Waals surface area contributed by atoms with Gasteiger partial charge in [-0.15, -0.1) is 0 Å². The van der Waals surface area contributed by atoms with Gasteiger partial charge >= 0.3 is 0 Å². The average molecular weight is 431 g/mol. The lowest BCUT2D eigenvalue weighted by atomic mass is 10.0. The van der Waals surface area contributed by atoms with Gasteiger partial charge in [-0.25, -0.2) is 14.5 Å². The maximum atomic E-state index is 10.0. The van der Waals surface area contributed by atoms with E-state index in [4.69, 9.17) is 10.1 Å². The van der Waals surface area contributed by atoms with Gasteiger partial charge in [-0.2, -0.15) is 10.4 Å². The average Bonchev–Trinajstić information content (AvgIpc) is 3.47. The van der Waals surface area contributed by atoms with Crippen molar-refractivity contribution in [3.05, 3.63) is 84.2 Å². The smallest absolute Gasteiger partial charge is 0.173 e. The summed E-state index contributed by atoms with van der Waals surface area (Å²) in [4.78, 5) is 11.7. The highest BCUT2D eigenvalue weighted by Gasteiger charge is 2.26. The van der Waals surface area contributed by atoms with E-state index in [1.54, 1.807) is 6.20 Å². The van der Waals surface area contributed by atoms with Crippen LogP contribution in [0.5, 0.6) is 0 Å². The lowest BCUT2D eigenvalue weighted by molar-refractivity contribution is 0.410. The predicted octanol–water partition coefficient (Wildman–Crippen LogP) is 4.90. The molecule has 33 heavy (non-hydrogen) atoms. The summed E-state index contributed by atoms with van der Waals surface area (Å²) in [5.74, 6) is 0.381. The highest BCUT2D eigenvalue weighted by molar-refractivity contribution is 5.87. The van der Waals surface area contributed by atoms with Gasteiger partial charge in [0.2, 0.25) is 0 Å². The van der Waals surface area contributed by atoms with Crippen LogP contribution in [0.15, 0.2) is 72.9 Å². The summed E-state index contributed by atoms with van der Waals surface area (Å²) in [6.45, 7) is 2.05. The molecule has 6 nitrogen and oxygen atoms in total. The van der Waals surface area contributed by atoms with Crippen LogP contribution in [-0.2, 0) is 0 Å². The third-order valence-corrected chi connectivity index (χ3v) is 6.50. The molecule has 3 aromatic heterocycles. The predicted molar refractivity (Wildman–Crippen MR) is 129 cm³/mol. The zero-order valence-corrected chi connectivity index (χ0v) is 18.3. The van der Waals surface area contributed by atoms with Crippen LogP contribution in [0, 0.1) is 11.3 Å². The minimum atomic E-state index is 0.381. The van der Waals surface area contributed by atoms with Gasteiger partial charge in [0.1, 0.15) is 17.3 Å². The minimum Gasteiger partial charge on any atom is -0.306 e. The highest BCUT2D eigenvalue weighted by atomic mass is 15.3. The molecule has 1 unspecified atom stereocenters. The number of nitriles is 1. The molecule has 1 atom stereocenters. The van der Waals surface area contributed by atoms with E-state index in [-0.39, 0.29) is 0 Å². The van der Waals surface area contributed by atoms with Crippen molar-refractivity contribution in [1.82, 2.24) is 24.5 Å². The second-order valence-electron chi connectivity index (χ2n) is 8.66. The van der Waals surface area contributed by atoms with E-state index in [9.17, 15) is 5.26 Å². The fourth-order valence-electron chi connectivity index (χ4n) is 4.79. The van der Waals surface area contributed by atoms with E-state index in [0.717, 1.165) is 52.9 Å². The first-order valence-electron chi connectivity index (χ1n) is 11.1. The van der Waals surface area contributed by atoms with Crippen LogP contribution >= 0.6 is 0 Å². The Balaban J connectivity index is 1.49. The Kier molecular flexibility index (Phi) is 4.63. The van der Waals surface area contributed by atoms with Crippen molar-refractivity contribution in [3.8, 4) is 28.6 Å². The van der Waals surface area contributed by atoms with Crippen molar-refractivity contribution in [2.45, 2.75) is 12.3 Å². The van der Waals surface area contributed by atoms with Crippen LogP contribution in [0.4, 0.5) is 0 Å². The monoisotopic (exact) mass is 430 g/mol. The standard InChI is InChI=1S/C27H22N6/c1-32-14-12-21(17-32)25-11-13-29-27-22(16-28)26(31-33(25)27)20-8-7-19-9-10-23(30-24(19)15-20)18-5-3-2-4-6-18/h2-11,13,15,21H,12,14,17H2,1H3. The molecule has 0 spiro atoms. The maximum absolute atomic E-state index is 10.0. The third kappa shape index (κ3) is 3.34. The molecule has 4 heterocycles. The fraction of sp³-hybridized carbons (Fsp3) is 0.185. The molecule has 0 aliphatic carbocycles.